The van der Waals surface area contributed by atoms with Crippen molar-refractivity contribution in [2.24, 2.45) is 5.10 Å². The molecule has 4 aromatic rings. The Bertz CT molecular complexity index is 1350. The highest BCUT2D eigenvalue weighted by molar-refractivity contribution is 6.02. The van der Waals surface area contributed by atoms with Crippen molar-refractivity contribution >= 4 is 28.1 Å². The highest BCUT2D eigenvalue weighted by atomic mass is 16.6. The topological polar surface area (TPSA) is 107 Å². The second kappa shape index (κ2) is 9.13. The zero-order chi connectivity index (χ0) is 22.5. The van der Waals surface area contributed by atoms with Crippen LogP contribution in [0.4, 0.5) is 11.4 Å². The molecule has 0 unspecified atom stereocenters. The maximum Gasteiger partial charge on any atom is 0.336 e. The minimum Gasteiger partial charge on any atom is -0.487 e. The predicted octanol–water partition coefficient (Wildman–Crippen LogP) is 4.90. The molecular formula is C24H19N3O5. The third-order valence-electron chi connectivity index (χ3n) is 4.80. The summed E-state index contributed by atoms with van der Waals surface area (Å²) in [5.74, 6) is 0.533. The standard InChI is InChI=1S/C24H19N3O5/c1-16-13-24(28)32-23-14-20(11-12-21(16)23)31-15-22(17-5-3-2-4-6-17)26-25-18-7-9-19(10-8-18)27(29)30/h2-14,25H,15H2,1H3/b26-22+. The first-order chi connectivity index (χ1) is 15.5. The normalized spacial score (nSPS) is 11.3. The molecule has 8 nitrogen and oxygen atoms in total. The Morgan fingerprint density at radius 1 is 1.06 bits per heavy atom. The summed E-state index contributed by atoms with van der Waals surface area (Å²) in [5, 5.41) is 16.1. The molecule has 0 aliphatic carbocycles. The van der Waals surface area contributed by atoms with Crippen molar-refractivity contribution in [3.05, 3.63) is 111 Å². The molecule has 0 fully saturated rings. The lowest BCUT2D eigenvalue weighted by Crippen LogP contribution is -2.15. The fourth-order valence-electron chi connectivity index (χ4n) is 3.15. The molecule has 0 saturated carbocycles. The van der Waals surface area contributed by atoms with Gasteiger partial charge in [-0.15, -0.1) is 0 Å². The summed E-state index contributed by atoms with van der Waals surface area (Å²) >= 11 is 0. The summed E-state index contributed by atoms with van der Waals surface area (Å²) < 4.78 is 11.2. The van der Waals surface area contributed by atoms with Crippen LogP contribution in [0.15, 0.2) is 93.2 Å². The maximum absolute atomic E-state index is 11.7. The smallest absolute Gasteiger partial charge is 0.336 e. The number of nitro groups is 1. The van der Waals surface area contributed by atoms with E-state index in [0.717, 1.165) is 16.5 Å². The lowest BCUT2D eigenvalue weighted by atomic mass is 10.1. The minimum absolute atomic E-state index is 0.00402. The first-order valence-corrected chi connectivity index (χ1v) is 9.79. The second-order valence-electron chi connectivity index (χ2n) is 7.04. The van der Waals surface area contributed by atoms with E-state index in [0.29, 0.717) is 22.7 Å². The summed E-state index contributed by atoms with van der Waals surface area (Å²) in [6, 6.07) is 22.3. The Hall–Kier alpha value is -4.46. The molecule has 8 heteroatoms. The number of anilines is 1. The number of rotatable bonds is 7. The zero-order valence-electron chi connectivity index (χ0n) is 17.1. The van der Waals surface area contributed by atoms with Crippen molar-refractivity contribution in [3.63, 3.8) is 0 Å². The number of nitrogens with one attached hydrogen (secondary N) is 1. The van der Waals surface area contributed by atoms with Crippen LogP contribution < -0.4 is 15.8 Å². The highest BCUT2D eigenvalue weighted by Gasteiger charge is 2.09. The van der Waals surface area contributed by atoms with E-state index in [4.69, 9.17) is 9.15 Å². The van der Waals surface area contributed by atoms with Crippen molar-refractivity contribution in [1.82, 2.24) is 0 Å². The fraction of sp³-hybridized carbons (Fsp3) is 0.0833. The number of hydrazone groups is 1. The Labute approximate surface area is 182 Å². The molecule has 1 heterocycles. The summed E-state index contributed by atoms with van der Waals surface area (Å²) in [4.78, 5) is 22.0. The van der Waals surface area contributed by atoms with Crippen LogP contribution in [0.3, 0.4) is 0 Å². The Balaban J connectivity index is 1.56. The van der Waals surface area contributed by atoms with Gasteiger partial charge in [-0.05, 0) is 36.8 Å². The molecule has 1 aromatic heterocycles. The first-order valence-electron chi connectivity index (χ1n) is 9.79. The molecule has 0 aliphatic rings. The van der Waals surface area contributed by atoms with E-state index >= 15 is 0 Å². The van der Waals surface area contributed by atoms with E-state index < -0.39 is 10.5 Å². The number of hydrogen-bond donors (Lipinski definition) is 1. The van der Waals surface area contributed by atoms with Crippen molar-refractivity contribution < 1.29 is 14.1 Å². The number of aryl methyl sites for hydroxylation is 1. The maximum atomic E-state index is 11.7. The van der Waals surface area contributed by atoms with E-state index in [1.54, 1.807) is 18.2 Å². The van der Waals surface area contributed by atoms with Gasteiger partial charge in [0.15, 0.2) is 0 Å². The average Bonchev–Trinajstić information content (AvgIpc) is 2.79. The number of non-ortho nitro benzene ring substituents is 1. The molecule has 0 aliphatic heterocycles. The van der Waals surface area contributed by atoms with Gasteiger partial charge in [0.1, 0.15) is 23.7 Å². The van der Waals surface area contributed by atoms with Crippen LogP contribution in [0.1, 0.15) is 11.1 Å². The monoisotopic (exact) mass is 429 g/mol. The lowest BCUT2D eigenvalue weighted by molar-refractivity contribution is -0.384. The first kappa shape index (κ1) is 20.8. The number of benzene rings is 3. The Morgan fingerprint density at radius 3 is 2.53 bits per heavy atom. The number of fused-ring (bicyclic) bond motifs is 1. The van der Waals surface area contributed by atoms with E-state index in [1.165, 1.54) is 18.2 Å². The molecule has 1 N–H and O–H groups in total. The molecule has 0 radical (unpaired) electrons. The van der Waals surface area contributed by atoms with Crippen LogP contribution >= 0.6 is 0 Å². The van der Waals surface area contributed by atoms with Crippen LogP contribution in [-0.4, -0.2) is 17.2 Å². The van der Waals surface area contributed by atoms with E-state index in [9.17, 15) is 14.9 Å². The summed E-state index contributed by atoms with van der Waals surface area (Å²) in [7, 11) is 0. The van der Waals surface area contributed by atoms with Crippen molar-refractivity contribution in [2.75, 3.05) is 12.0 Å². The number of nitrogens with zero attached hydrogens (tertiary/aromatic N) is 2. The fourth-order valence-corrected chi connectivity index (χ4v) is 3.15. The van der Waals surface area contributed by atoms with Crippen molar-refractivity contribution in [2.45, 2.75) is 6.92 Å². The molecule has 0 spiro atoms. The van der Waals surface area contributed by atoms with Gasteiger partial charge in [0, 0.05) is 35.2 Å². The highest BCUT2D eigenvalue weighted by Crippen LogP contribution is 2.22. The van der Waals surface area contributed by atoms with Crippen molar-refractivity contribution in [3.8, 4) is 5.75 Å². The van der Waals surface area contributed by atoms with Gasteiger partial charge in [0.25, 0.3) is 5.69 Å². The Kier molecular flexibility index (Phi) is 5.94. The number of ether oxygens (including phenoxy) is 1. The van der Waals surface area contributed by atoms with E-state index in [-0.39, 0.29) is 12.3 Å². The van der Waals surface area contributed by atoms with Gasteiger partial charge in [-0.2, -0.15) is 5.10 Å². The van der Waals surface area contributed by atoms with Crippen LogP contribution in [-0.2, 0) is 0 Å². The lowest BCUT2D eigenvalue weighted by Gasteiger charge is -2.11. The van der Waals surface area contributed by atoms with E-state index in [1.807, 2.05) is 49.4 Å². The van der Waals surface area contributed by atoms with Crippen molar-refractivity contribution in [1.29, 1.82) is 0 Å². The van der Waals surface area contributed by atoms with Crippen LogP contribution in [0.5, 0.6) is 5.75 Å². The van der Waals surface area contributed by atoms with Gasteiger partial charge in [-0.3, -0.25) is 15.5 Å². The van der Waals surface area contributed by atoms with Gasteiger partial charge in [0.05, 0.1) is 10.6 Å². The molecule has 32 heavy (non-hydrogen) atoms. The van der Waals surface area contributed by atoms with Gasteiger partial charge in [0.2, 0.25) is 0 Å². The molecule has 3 aromatic carbocycles. The van der Waals surface area contributed by atoms with Gasteiger partial charge in [-0.25, -0.2) is 4.79 Å². The van der Waals surface area contributed by atoms with Gasteiger partial charge >= 0.3 is 5.63 Å². The molecule has 0 bridgehead atoms. The summed E-state index contributed by atoms with van der Waals surface area (Å²) in [6.07, 6.45) is 0. The summed E-state index contributed by atoms with van der Waals surface area (Å²) in [5.41, 5.74) is 5.87. The average molecular weight is 429 g/mol. The quantitative estimate of drug-likeness (QED) is 0.194. The molecule has 0 amide bonds. The number of nitro benzene ring substituents is 1. The Morgan fingerprint density at radius 2 is 1.81 bits per heavy atom. The largest absolute Gasteiger partial charge is 0.487 e. The minimum atomic E-state index is -0.455. The summed E-state index contributed by atoms with van der Waals surface area (Å²) in [6.45, 7) is 2.00. The SMILES string of the molecule is Cc1cc(=O)oc2cc(OC/C(=N\Nc3ccc([N+](=O)[O-])cc3)c3ccccc3)ccc12. The molecule has 4 rings (SSSR count). The van der Waals surface area contributed by atoms with Crippen LogP contribution in [0.25, 0.3) is 11.0 Å². The second-order valence-corrected chi connectivity index (χ2v) is 7.04. The predicted molar refractivity (Wildman–Crippen MR) is 122 cm³/mol. The van der Waals surface area contributed by atoms with Crippen LogP contribution in [0, 0.1) is 17.0 Å². The molecular weight excluding hydrogens is 410 g/mol. The molecule has 0 atom stereocenters. The number of hydrogen-bond acceptors (Lipinski definition) is 7. The van der Waals surface area contributed by atoms with E-state index in [2.05, 4.69) is 10.5 Å². The molecule has 0 saturated heterocycles. The third-order valence-corrected chi connectivity index (χ3v) is 4.80. The third kappa shape index (κ3) is 4.81. The van der Waals surface area contributed by atoms with Crippen LogP contribution in [0.2, 0.25) is 0 Å². The zero-order valence-corrected chi connectivity index (χ0v) is 17.1. The van der Waals surface area contributed by atoms with Gasteiger partial charge in [-0.1, -0.05) is 30.3 Å². The molecule has 160 valence electrons. The van der Waals surface area contributed by atoms with Gasteiger partial charge < -0.3 is 9.15 Å².